The molecule has 2 heterocycles. The lowest BCUT2D eigenvalue weighted by Crippen LogP contribution is -2.01. The molecule has 0 radical (unpaired) electrons. The fourth-order valence-electron chi connectivity index (χ4n) is 1.98. The first-order valence-corrected chi connectivity index (χ1v) is 7.01. The van der Waals surface area contributed by atoms with Gasteiger partial charge in [0.05, 0.1) is 6.20 Å². The van der Waals surface area contributed by atoms with Gasteiger partial charge in [-0.25, -0.2) is 9.97 Å². The Hall–Kier alpha value is -2.82. The van der Waals surface area contributed by atoms with Gasteiger partial charge < -0.3 is 4.74 Å². The minimum Gasteiger partial charge on any atom is -0.473 e. The van der Waals surface area contributed by atoms with Crippen molar-refractivity contribution in [2.75, 3.05) is 0 Å². The van der Waals surface area contributed by atoms with Gasteiger partial charge in [0.25, 0.3) is 0 Å². The van der Waals surface area contributed by atoms with Gasteiger partial charge in [0.15, 0.2) is 5.82 Å². The van der Waals surface area contributed by atoms with Crippen LogP contribution in [-0.2, 0) is 6.61 Å². The Morgan fingerprint density at radius 1 is 1.00 bits per heavy atom. The highest BCUT2D eigenvalue weighted by atomic mass is 16.5. The summed E-state index contributed by atoms with van der Waals surface area (Å²) in [7, 11) is 0. The SMILES string of the molecule is Cc1ccc(COc2cc(C)nc(-c3cnccn3)n2)cc1. The predicted molar refractivity (Wildman–Crippen MR) is 83.3 cm³/mol. The van der Waals surface area contributed by atoms with Gasteiger partial charge in [0, 0.05) is 24.2 Å². The summed E-state index contributed by atoms with van der Waals surface area (Å²) in [6, 6.07) is 10.0. The van der Waals surface area contributed by atoms with Crippen LogP contribution in [0.15, 0.2) is 48.9 Å². The Labute approximate surface area is 129 Å². The molecule has 1 aromatic carbocycles. The molecule has 3 rings (SSSR count). The smallest absolute Gasteiger partial charge is 0.217 e. The second-order valence-electron chi connectivity index (χ2n) is 5.04. The molecule has 5 heteroatoms. The summed E-state index contributed by atoms with van der Waals surface area (Å²) in [5, 5.41) is 0. The molecule has 22 heavy (non-hydrogen) atoms. The molecule has 0 saturated heterocycles. The summed E-state index contributed by atoms with van der Waals surface area (Å²) in [6.07, 6.45) is 4.88. The lowest BCUT2D eigenvalue weighted by molar-refractivity contribution is 0.293. The number of hydrogen-bond acceptors (Lipinski definition) is 5. The van der Waals surface area contributed by atoms with E-state index in [9.17, 15) is 0 Å². The molecule has 2 aromatic heterocycles. The van der Waals surface area contributed by atoms with Gasteiger partial charge in [0.1, 0.15) is 12.3 Å². The molecule has 0 fully saturated rings. The largest absolute Gasteiger partial charge is 0.473 e. The Morgan fingerprint density at radius 3 is 2.55 bits per heavy atom. The molecular weight excluding hydrogens is 276 g/mol. The van der Waals surface area contributed by atoms with Gasteiger partial charge in [-0.05, 0) is 19.4 Å². The van der Waals surface area contributed by atoms with Crippen LogP contribution in [0, 0.1) is 13.8 Å². The van der Waals surface area contributed by atoms with Crippen LogP contribution in [0.5, 0.6) is 5.88 Å². The summed E-state index contributed by atoms with van der Waals surface area (Å²) in [6.45, 7) is 4.43. The van der Waals surface area contributed by atoms with Gasteiger partial charge in [-0.2, -0.15) is 4.98 Å². The highest BCUT2D eigenvalue weighted by Gasteiger charge is 2.07. The van der Waals surface area contributed by atoms with Crippen LogP contribution in [0.4, 0.5) is 0 Å². The molecule has 0 atom stereocenters. The summed E-state index contributed by atoms with van der Waals surface area (Å²) >= 11 is 0. The molecule has 3 aromatic rings. The van der Waals surface area contributed by atoms with E-state index >= 15 is 0 Å². The Morgan fingerprint density at radius 2 is 1.82 bits per heavy atom. The number of hydrogen-bond donors (Lipinski definition) is 0. The molecule has 0 aliphatic heterocycles. The third kappa shape index (κ3) is 3.44. The average Bonchev–Trinajstić information content (AvgIpc) is 2.55. The molecule has 0 unspecified atom stereocenters. The van der Waals surface area contributed by atoms with Gasteiger partial charge in [-0.15, -0.1) is 0 Å². The van der Waals surface area contributed by atoms with Gasteiger partial charge in [-0.1, -0.05) is 29.8 Å². The fraction of sp³-hybridized carbons (Fsp3) is 0.176. The summed E-state index contributed by atoms with van der Waals surface area (Å²) in [5.74, 6) is 1.06. The lowest BCUT2D eigenvalue weighted by Gasteiger charge is -2.08. The third-order valence-corrected chi connectivity index (χ3v) is 3.13. The monoisotopic (exact) mass is 292 g/mol. The molecule has 0 bridgehead atoms. The van der Waals surface area contributed by atoms with Crippen molar-refractivity contribution < 1.29 is 4.74 Å². The minimum atomic E-state index is 0.469. The van der Waals surface area contributed by atoms with E-state index in [0.717, 1.165) is 11.3 Å². The summed E-state index contributed by atoms with van der Waals surface area (Å²) in [5.41, 5.74) is 3.79. The average molecular weight is 292 g/mol. The van der Waals surface area contributed by atoms with Crippen LogP contribution in [0.2, 0.25) is 0 Å². The maximum absolute atomic E-state index is 5.78. The second-order valence-corrected chi connectivity index (χ2v) is 5.04. The van der Waals surface area contributed by atoms with E-state index in [2.05, 4.69) is 39.0 Å². The zero-order valence-electron chi connectivity index (χ0n) is 12.5. The van der Waals surface area contributed by atoms with Crippen molar-refractivity contribution in [3.63, 3.8) is 0 Å². The maximum atomic E-state index is 5.78. The van der Waals surface area contributed by atoms with Gasteiger partial charge in [-0.3, -0.25) is 4.98 Å². The zero-order chi connectivity index (χ0) is 15.4. The molecule has 0 saturated carbocycles. The van der Waals surface area contributed by atoms with E-state index in [4.69, 9.17) is 4.74 Å². The molecule has 0 N–H and O–H groups in total. The van der Waals surface area contributed by atoms with E-state index in [-0.39, 0.29) is 0 Å². The molecule has 0 aliphatic carbocycles. The van der Waals surface area contributed by atoms with Crippen molar-refractivity contribution in [2.45, 2.75) is 20.5 Å². The van der Waals surface area contributed by atoms with Gasteiger partial charge in [0.2, 0.25) is 5.88 Å². The molecule has 0 aliphatic rings. The Bertz CT molecular complexity index is 757. The fourth-order valence-corrected chi connectivity index (χ4v) is 1.98. The van der Waals surface area contributed by atoms with Crippen LogP contribution in [-0.4, -0.2) is 19.9 Å². The van der Waals surface area contributed by atoms with Crippen LogP contribution in [0.1, 0.15) is 16.8 Å². The molecule has 0 amide bonds. The van der Waals surface area contributed by atoms with Gasteiger partial charge >= 0.3 is 0 Å². The van der Waals surface area contributed by atoms with Crippen molar-refractivity contribution in [1.29, 1.82) is 0 Å². The number of aromatic nitrogens is 4. The van der Waals surface area contributed by atoms with E-state index < -0.39 is 0 Å². The predicted octanol–water partition coefficient (Wildman–Crippen LogP) is 3.13. The lowest BCUT2D eigenvalue weighted by atomic mass is 10.2. The van der Waals surface area contributed by atoms with Crippen molar-refractivity contribution in [3.05, 3.63) is 65.7 Å². The number of nitrogens with zero attached hydrogens (tertiary/aromatic N) is 4. The van der Waals surface area contributed by atoms with Crippen LogP contribution >= 0.6 is 0 Å². The van der Waals surface area contributed by atoms with E-state index in [1.807, 2.05) is 25.1 Å². The zero-order valence-corrected chi connectivity index (χ0v) is 12.5. The summed E-state index contributed by atoms with van der Waals surface area (Å²) < 4.78 is 5.78. The first kappa shape index (κ1) is 14.1. The van der Waals surface area contributed by atoms with E-state index in [1.165, 1.54) is 5.56 Å². The van der Waals surface area contributed by atoms with Crippen LogP contribution < -0.4 is 4.74 Å². The normalized spacial score (nSPS) is 10.5. The third-order valence-electron chi connectivity index (χ3n) is 3.13. The van der Waals surface area contributed by atoms with Crippen LogP contribution in [0.3, 0.4) is 0 Å². The number of benzene rings is 1. The van der Waals surface area contributed by atoms with Crippen molar-refractivity contribution in [3.8, 4) is 17.4 Å². The minimum absolute atomic E-state index is 0.469. The van der Waals surface area contributed by atoms with Crippen molar-refractivity contribution in [2.24, 2.45) is 0 Å². The Balaban J connectivity index is 1.79. The molecule has 0 spiro atoms. The van der Waals surface area contributed by atoms with Crippen molar-refractivity contribution in [1.82, 2.24) is 19.9 Å². The highest BCUT2D eigenvalue weighted by molar-refractivity contribution is 5.48. The number of rotatable bonds is 4. The van der Waals surface area contributed by atoms with Crippen LogP contribution in [0.25, 0.3) is 11.5 Å². The first-order valence-electron chi connectivity index (χ1n) is 7.01. The topological polar surface area (TPSA) is 60.8 Å². The molecular formula is C17H16N4O. The van der Waals surface area contributed by atoms with E-state index in [0.29, 0.717) is 24.0 Å². The maximum Gasteiger partial charge on any atom is 0.217 e. The molecule has 110 valence electrons. The first-order chi connectivity index (χ1) is 10.7. The second kappa shape index (κ2) is 6.30. The summed E-state index contributed by atoms with van der Waals surface area (Å²) in [4.78, 5) is 17.0. The number of aryl methyl sites for hydroxylation is 2. The number of ether oxygens (including phenoxy) is 1. The molecule has 5 nitrogen and oxygen atoms in total. The van der Waals surface area contributed by atoms with Crippen molar-refractivity contribution >= 4 is 0 Å². The highest BCUT2D eigenvalue weighted by Crippen LogP contribution is 2.17. The van der Waals surface area contributed by atoms with E-state index in [1.54, 1.807) is 18.6 Å². The Kier molecular flexibility index (Phi) is 4.05. The standard InChI is InChI=1S/C17H16N4O/c1-12-3-5-14(6-4-12)11-22-16-9-13(2)20-17(21-16)15-10-18-7-8-19-15/h3-10H,11H2,1-2H3. The quantitative estimate of drug-likeness (QED) is 0.739.